The van der Waals surface area contributed by atoms with Gasteiger partial charge in [-0.1, -0.05) is 6.08 Å². The molecule has 0 radical (unpaired) electrons. The van der Waals surface area contributed by atoms with Gasteiger partial charge in [-0.15, -0.1) is 0 Å². The molecule has 6 rings (SSSR count). The molecule has 0 spiro atoms. The van der Waals surface area contributed by atoms with E-state index in [-0.39, 0.29) is 0 Å². The summed E-state index contributed by atoms with van der Waals surface area (Å²) in [5.41, 5.74) is 11.9. The van der Waals surface area contributed by atoms with Crippen molar-refractivity contribution in [1.29, 1.82) is 0 Å². The summed E-state index contributed by atoms with van der Waals surface area (Å²) in [5, 5.41) is 13.9. The van der Waals surface area contributed by atoms with E-state index in [1.807, 2.05) is 11.2 Å². The predicted molar refractivity (Wildman–Crippen MR) is 123 cm³/mol. The Morgan fingerprint density at radius 3 is 3.06 bits per heavy atom. The molecule has 4 N–H and O–H groups in total. The Morgan fingerprint density at radius 2 is 2.16 bits per heavy atom. The van der Waals surface area contributed by atoms with Crippen molar-refractivity contribution in [3.05, 3.63) is 35.2 Å². The van der Waals surface area contributed by atoms with Gasteiger partial charge in [0.1, 0.15) is 12.5 Å². The van der Waals surface area contributed by atoms with Crippen molar-refractivity contribution in [1.82, 2.24) is 31.4 Å². The number of nitrogens with one attached hydrogen (secondary N) is 4. The van der Waals surface area contributed by atoms with E-state index in [0.29, 0.717) is 30.7 Å². The van der Waals surface area contributed by atoms with Crippen LogP contribution in [0.1, 0.15) is 19.3 Å². The SMILES string of the molecule is CN1C=C(C2=CC[C@H]3NN=C(C4=CC(N5CCC6NCC=N[C@H]6C5)=NCN4)[C@H]3C2)CN1. The minimum atomic E-state index is 0.323. The number of hydrogen-bond donors (Lipinski definition) is 4. The maximum absolute atomic E-state index is 4.78. The molecule has 0 aromatic heterocycles. The van der Waals surface area contributed by atoms with E-state index in [2.05, 4.69) is 51.8 Å². The van der Waals surface area contributed by atoms with Crippen LogP contribution in [0.4, 0.5) is 0 Å². The average molecular weight is 422 g/mol. The van der Waals surface area contributed by atoms with Crippen LogP contribution in [0.2, 0.25) is 0 Å². The molecule has 5 aliphatic heterocycles. The number of aliphatic imine (C=N–C) groups is 2. The highest BCUT2D eigenvalue weighted by Gasteiger charge is 2.38. The number of amidine groups is 1. The molecule has 6 aliphatic rings. The molecule has 1 unspecified atom stereocenters. The highest BCUT2D eigenvalue weighted by atomic mass is 15.5. The topological polar surface area (TPSA) is 91.7 Å². The Bertz CT molecular complexity index is 927. The van der Waals surface area contributed by atoms with E-state index in [1.54, 1.807) is 0 Å². The number of nitrogens with zero attached hydrogens (tertiary/aromatic N) is 5. The van der Waals surface area contributed by atoms with Gasteiger partial charge in [0.2, 0.25) is 0 Å². The number of fused-ring (bicyclic) bond motifs is 2. The summed E-state index contributed by atoms with van der Waals surface area (Å²) >= 11 is 0. The molecule has 31 heavy (non-hydrogen) atoms. The van der Waals surface area contributed by atoms with Gasteiger partial charge in [0.15, 0.2) is 0 Å². The largest absolute Gasteiger partial charge is 0.365 e. The first-order chi connectivity index (χ1) is 15.2. The van der Waals surface area contributed by atoms with Crippen LogP contribution in [0.5, 0.6) is 0 Å². The smallest absolute Gasteiger partial charge is 0.127 e. The Kier molecular flexibility index (Phi) is 4.80. The van der Waals surface area contributed by atoms with Gasteiger partial charge in [-0.25, -0.2) is 10.4 Å². The Balaban J connectivity index is 1.18. The highest BCUT2D eigenvalue weighted by Crippen LogP contribution is 2.35. The van der Waals surface area contributed by atoms with Crippen molar-refractivity contribution in [3.8, 4) is 0 Å². The standard InChI is InChI=1S/C22H31N9/c1-30-11-15(10-27-30)14-2-3-17-16(8-14)22(29-28-17)19-9-21(26-13-25-19)31-7-4-18-20(12-31)24-6-5-23-18/h2,6,9,11,16-18,20,23,25,27-28H,3-5,7-8,10,12-13H2,1H3/t16-,17+,18?,20-/m0/s1. The van der Waals surface area contributed by atoms with E-state index in [1.165, 1.54) is 11.1 Å². The van der Waals surface area contributed by atoms with E-state index in [9.17, 15) is 0 Å². The Labute approximate surface area is 183 Å². The number of piperidine rings is 1. The monoisotopic (exact) mass is 421 g/mol. The molecule has 0 aromatic rings. The van der Waals surface area contributed by atoms with Crippen LogP contribution in [-0.4, -0.2) is 85.7 Å². The summed E-state index contributed by atoms with van der Waals surface area (Å²) in [6.45, 7) is 4.35. The van der Waals surface area contributed by atoms with Gasteiger partial charge in [-0.2, -0.15) is 5.10 Å². The van der Waals surface area contributed by atoms with Crippen LogP contribution >= 0.6 is 0 Å². The van der Waals surface area contributed by atoms with E-state index < -0.39 is 0 Å². The molecule has 0 aromatic carbocycles. The van der Waals surface area contributed by atoms with Gasteiger partial charge >= 0.3 is 0 Å². The Morgan fingerprint density at radius 1 is 1.19 bits per heavy atom. The third-order valence-electron chi connectivity index (χ3n) is 7.26. The fourth-order valence-corrected chi connectivity index (χ4v) is 5.52. The first-order valence-corrected chi connectivity index (χ1v) is 11.4. The Hall–Kier alpha value is -2.65. The molecular weight excluding hydrogens is 390 g/mol. The number of likely N-dealkylation sites (tertiary alicyclic amines) is 1. The van der Waals surface area contributed by atoms with Crippen LogP contribution in [0.25, 0.3) is 0 Å². The third-order valence-corrected chi connectivity index (χ3v) is 7.26. The van der Waals surface area contributed by atoms with Gasteiger partial charge in [-0.3, -0.25) is 4.99 Å². The molecule has 1 aliphatic carbocycles. The highest BCUT2D eigenvalue weighted by molar-refractivity contribution is 6.09. The van der Waals surface area contributed by atoms with Crippen molar-refractivity contribution < 1.29 is 0 Å². The van der Waals surface area contributed by atoms with Crippen LogP contribution < -0.4 is 21.5 Å². The minimum Gasteiger partial charge on any atom is -0.365 e. The summed E-state index contributed by atoms with van der Waals surface area (Å²) < 4.78 is 0. The van der Waals surface area contributed by atoms with Crippen molar-refractivity contribution in [2.75, 3.05) is 39.9 Å². The van der Waals surface area contributed by atoms with Gasteiger partial charge < -0.3 is 26.0 Å². The molecule has 164 valence electrons. The lowest BCUT2D eigenvalue weighted by Gasteiger charge is -2.40. The fraction of sp³-hybridized carbons (Fsp3) is 0.591. The zero-order valence-corrected chi connectivity index (χ0v) is 18.0. The number of hydrazine groups is 1. The number of allylic oxidation sites excluding steroid dienone is 1. The zero-order valence-electron chi connectivity index (χ0n) is 18.0. The summed E-state index contributed by atoms with van der Waals surface area (Å²) in [4.78, 5) is 11.9. The van der Waals surface area contributed by atoms with Crippen LogP contribution in [-0.2, 0) is 0 Å². The normalized spacial score (nSPS) is 34.5. The van der Waals surface area contributed by atoms with Gasteiger partial charge in [0, 0.05) is 63.7 Å². The summed E-state index contributed by atoms with van der Waals surface area (Å²) in [7, 11) is 2.05. The quantitative estimate of drug-likeness (QED) is 0.500. The van der Waals surface area contributed by atoms with Gasteiger partial charge in [-0.05, 0) is 30.4 Å². The zero-order chi connectivity index (χ0) is 20.8. The van der Waals surface area contributed by atoms with E-state index in [0.717, 1.165) is 62.7 Å². The van der Waals surface area contributed by atoms with Crippen LogP contribution in [0, 0.1) is 5.92 Å². The second-order valence-corrected chi connectivity index (χ2v) is 9.17. The minimum absolute atomic E-state index is 0.323. The lowest BCUT2D eigenvalue weighted by Crippen LogP contribution is -2.55. The average Bonchev–Trinajstić information content (AvgIpc) is 3.44. The van der Waals surface area contributed by atoms with E-state index >= 15 is 0 Å². The molecule has 9 nitrogen and oxygen atoms in total. The molecule has 4 atom stereocenters. The second kappa shape index (κ2) is 7.80. The van der Waals surface area contributed by atoms with Crippen molar-refractivity contribution in [2.45, 2.75) is 37.4 Å². The van der Waals surface area contributed by atoms with Gasteiger partial charge in [0.05, 0.1) is 23.5 Å². The number of rotatable bonds is 2. The molecule has 5 heterocycles. The number of hydrogen-bond acceptors (Lipinski definition) is 9. The molecule has 0 saturated carbocycles. The van der Waals surface area contributed by atoms with Gasteiger partial charge in [0.25, 0.3) is 0 Å². The first kappa shape index (κ1) is 19.1. The lowest BCUT2D eigenvalue weighted by atomic mass is 9.79. The maximum Gasteiger partial charge on any atom is 0.127 e. The van der Waals surface area contributed by atoms with E-state index in [4.69, 9.17) is 15.1 Å². The molecule has 9 heteroatoms. The van der Waals surface area contributed by atoms with Crippen molar-refractivity contribution in [3.63, 3.8) is 0 Å². The van der Waals surface area contributed by atoms with Crippen molar-refractivity contribution >= 4 is 17.8 Å². The molecular formula is C22H31N9. The summed E-state index contributed by atoms with van der Waals surface area (Å²) in [5.74, 6) is 1.46. The summed E-state index contributed by atoms with van der Waals surface area (Å²) in [6, 6.07) is 1.21. The molecule has 1 fully saturated rings. The molecule has 0 amide bonds. The lowest BCUT2D eigenvalue weighted by molar-refractivity contribution is 0.251. The van der Waals surface area contributed by atoms with Crippen LogP contribution in [0.15, 0.2) is 50.3 Å². The number of hydrazone groups is 1. The first-order valence-electron chi connectivity index (χ1n) is 11.4. The maximum atomic E-state index is 4.78. The fourth-order valence-electron chi connectivity index (χ4n) is 5.52. The molecule has 1 saturated heterocycles. The molecule has 0 bridgehead atoms. The second-order valence-electron chi connectivity index (χ2n) is 9.17. The van der Waals surface area contributed by atoms with Crippen molar-refractivity contribution in [2.24, 2.45) is 21.0 Å². The summed E-state index contributed by atoms with van der Waals surface area (Å²) in [6.07, 6.45) is 12.0. The third kappa shape index (κ3) is 3.55. The predicted octanol–water partition coefficient (Wildman–Crippen LogP) is -0.0555. The van der Waals surface area contributed by atoms with Crippen LogP contribution in [0.3, 0.4) is 0 Å².